The van der Waals surface area contributed by atoms with Crippen LogP contribution in [-0.2, 0) is 4.79 Å². The van der Waals surface area contributed by atoms with E-state index >= 15 is 0 Å². The highest BCUT2D eigenvalue weighted by molar-refractivity contribution is 7.09. The lowest BCUT2D eigenvalue weighted by Crippen LogP contribution is -2.46. The van der Waals surface area contributed by atoms with Gasteiger partial charge in [-0.2, -0.15) is 0 Å². The quantitative estimate of drug-likeness (QED) is 0.818. The van der Waals surface area contributed by atoms with Crippen LogP contribution in [0.25, 0.3) is 0 Å². The van der Waals surface area contributed by atoms with Crippen molar-refractivity contribution in [3.8, 4) is 0 Å². The highest BCUT2D eigenvalue weighted by Crippen LogP contribution is 2.14. The Bertz CT molecular complexity index is 349. The summed E-state index contributed by atoms with van der Waals surface area (Å²) in [7, 11) is 0. The maximum atomic E-state index is 11.7. The molecule has 0 fully saturated rings. The highest BCUT2D eigenvalue weighted by Gasteiger charge is 2.18. The second-order valence-electron chi connectivity index (χ2n) is 4.76. The zero-order chi connectivity index (χ0) is 12.9. The summed E-state index contributed by atoms with van der Waals surface area (Å²) in [4.78, 5) is 15.9. The average Bonchev–Trinajstić information content (AvgIpc) is 2.78. The number of nitrogens with one attached hydrogen (secondary N) is 2. The molecule has 2 N–H and O–H groups in total. The van der Waals surface area contributed by atoms with E-state index in [0.29, 0.717) is 6.54 Å². The lowest BCUT2D eigenvalue weighted by Gasteiger charge is -2.25. The Kier molecular flexibility index (Phi) is 5.08. The minimum Gasteiger partial charge on any atom is -0.350 e. The van der Waals surface area contributed by atoms with Gasteiger partial charge in [0.2, 0.25) is 5.91 Å². The molecule has 1 aromatic rings. The van der Waals surface area contributed by atoms with Gasteiger partial charge in [0, 0.05) is 17.1 Å². The van der Waals surface area contributed by atoms with Gasteiger partial charge in [-0.25, -0.2) is 4.98 Å². The molecule has 96 valence electrons. The SMILES string of the molecule is CCC(C)(C)NC(=O)CNC(C)c1nccs1. The summed E-state index contributed by atoms with van der Waals surface area (Å²) in [5.74, 6) is 0.0280. The molecular formula is C12H21N3OS. The summed E-state index contributed by atoms with van der Waals surface area (Å²) in [6.45, 7) is 8.44. The van der Waals surface area contributed by atoms with Crippen molar-refractivity contribution in [1.82, 2.24) is 15.6 Å². The van der Waals surface area contributed by atoms with Crippen molar-refractivity contribution >= 4 is 17.2 Å². The summed E-state index contributed by atoms with van der Waals surface area (Å²) < 4.78 is 0. The van der Waals surface area contributed by atoms with Crippen LogP contribution in [0.2, 0.25) is 0 Å². The normalized spacial score (nSPS) is 13.4. The van der Waals surface area contributed by atoms with Crippen molar-refractivity contribution < 1.29 is 4.79 Å². The second-order valence-corrected chi connectivity index (χ2v) is 5.68. The van der Waals surface area contributed by atoms with Crippen LogP contribution in [0.5, 0.6) is 0 Å². The van der Waals surface area contributed by atoms with E-state index in [2.05, 4.69) is 22.5 Å². The molecule has 0 aliphatic heterocycles. The molecule has 0 bridgehead atoms. The van der Waals surface area contributed by atoms with E-state index < -0.39 is 0 Å². The van der Waals surface area contributed by atoms with Gasteiger partial charge in [-0.05, 0) is 27.2 Å². The van der Waals surface area contributed by atoms with Crippen LogP contribution in [0.4, 0.5) is 0 Å². The molecule has 0 saturated carbocycles. The van der Waals surface area contributed by atoms with Crippen LogP contribution in [0.15, 0.2) is 11.6 Å². The summed E-state index contributed by atoms with van der Waals surface area (Å²) in [5, 5.41) is 9.10. The third kappa shape index (κ3) is 4.83. The molecule has 5 heteroatoms. The predicted octanol–water partition coefficient (Wildman–Crippen LogP) is 2.10. The van der Waals surface area contributed by atoms with Crippen molar-refractivity contribution in [3.63, 3.8) is 0 Å². The first-order valence-electron chi connectivity index (χ1n) is 5.88. The van der Waals surface area contributed by atoms with Crippen molar-refractivity contribution in [2.24, 2.45) is 0 Å². The summed E-state index contributed by atoms with van der Waals surface area (Å²) in [6.07, 6.45) is 2.69. The fourth-order valence-corrected chi connectivity index (χ4v) is 1.96. The predicted molar refractivity (Wildman–Crippen MR) is 71.0 cm³/mol. The molecule has 4 nitrogen and oxygen atoms in total. The molecule has 0 radical (unpaired) electrons. The number of thiazole rings is 1. The van der Waals surface area contributed by atoms with Gasteiger partial charge in [-0.15, -0.1) is 11.3 Å². The van der Waals surface area contributed by atoms with E-state index in [-0.39, 0.29) is 17.5 Å². The van der Waals surface area contributed by atoms with Gasteiger partial charge in [-0.3, -0.25) is 10.1 Å². The Morgan fingerprint density at radius 3 is 2.82 bits per heavy atom. The van der Waals surface area contributed by atoms with E-state index in [0.717, 1.165) is 11.4 Å². The number of nitrogens with zero attached hydrogens (tertiary/aromatic N) is 1. The fraction of sp³-hybridized carbons (Fsp3) is 0.667. The number of carbonyl (C=O) groups excluding carboxylic acids is 1. The topological polar surface area (TPSA) is 54.0 Å². The van der Waals surface area contributed by atoms with Gasteiger partial charge < -0.3 is 5.32 Å². The lowest BCUT2D eigenvalue weighted by molar-refractivity contribution is -0.121. The van der Waals surface area contributed by atoms with Crippen molar-refractivity contribution in [2.75, 3.05) is 6.54 Å². The van der Waals surface area contributed by atoms with Gasteiger partial charge >= 0.3 is 0 Å². The average molecular weight is 255 g/mol. The standard InChI is InChI=1S/C12H21N3OS/c1-5-12(3,4)15-10(16)8-14-9(2)11-13-6-7-17-11/h6-7,9,14H,5,8H2,1-4H3,(H,15,16). The van der Waals surface area contributed by atoms with Gasteiger partial charge in [0.05, 0.1) is 12.6 Å². The minimum atomic E-state index is -0.136. The Morgan fingerprint density at radius 1 is 1.59 bits per heavy atom. The molecule has 0 saturated heterocycles. The molecule has 1 atom stereocenters. The number of aromatic nitrogens is 1. The number of hydrogen-bond donors (Lipinski definition) is 2. The van der Waals surface area contributed by atoms with Gasteiger partial charge in [0.25, 0.3) is 0 Å². The molecule has 0 spiro atoms. The molecule has 17 heavy (non-hydrogen) atoms. The van der Waals surface area contributed by atoms with Crippen molar-refractivity contribution in [3.05, 3.63) is 16.6 Å². The van der Waals surface area contributed by atoms with E-state index in [1.807, 2.05) is 26.2 Å². The third-order valence-electron chi connectivity index (χ3n) is 2.75. The molecular weight excluding hydrogens is 234 g/mol. The third-order valence-corrected chi connectivity index (χ3v) is 3.71. The first kappa shape index (κ1) is 14.1. The Balaban J connectivity index is 2.34. The van der Waals surface area contributed by atoms with Crippen LogP contribution in [0.3, 0.4) is 0 Å². The summed E-state index contributed by atoms with van der Waals surface area (Å²) in [6, 6.07) is 0.116. The second kappa shape index (κ2) is 6.12. The Labute approximate surface area is 107 Å². The molecule has 0 aromatic carbocycles. The maximum Gasteiger partial charge on any atom is 0.234 e. The molecule has 0 aliphatic rings. The monoisotopic (exact) mass is 255 g/mol. The number of hydrogen-bond acceptors (Lipinski definition) is 4. The summed E-state index contributed by atoms with van der Waals surface area (Å²) >= 11 is 1.60. The molecule has 1 unspecified atom stereocenters. The largest absolute Gasteiger partial charge is 0.350 e. The van der Waals surface area contributed by atoms with Crippen LogP contribution in [0, 0.1) is 0 Å². The highest BCUT2D eigenvalue weighted by atomic mass is 32.1. The van der Waals surface area contributed by atoms with E-state index in [4.69, 9.17) is 0 Å². The van der Waals surface area contributed by atoms with E-state index in [1.54, 1.807) is 17.5 Å². The van der Waals surface area contributed by atoms with Gasteiger partial charge in [0.15, 0.2) is 0 Å². The first-order chi connectivity index (χ1) is 7.94. The van der Waals surface area contributed by atoms with Crippen LogP contribution >= 0.6 is 11.3 Å². The summed E-state index contributed by atoms with van der Waals surface area (Å²) in [5.41, 5.74) is -0.136. The van der Waals surface area contributed by atoms with Crippen LogP contribution < -0.4 is 10.6 Å². The van der Waals surface area contributed by atoms with Crippen LogP contribution in [0.1, 0.15) is 45.2 Å². The van der Waals surface area contributed by atoms with Crippen LogP contribution in [-0.4, -0.2) is 23.0 Å². The van der Waals surface area contributed by atoms with E-state index in [1.165, 1.54) is 0 Å². The van der Waals surface area contributed by atoms with Gasteiger partial charge in [0.1, 0.15) is 5.01 Å². The zero-order valence-electron chi connectivity index (χ0n) is 10.9. The Morgan fingerprint density at radius 2 is 2.29 bits per heavy atom. The van der Waals surface area contributed by atoms with E-state index in [9.17, 15) is 4.79 Å². The van der Waals surface area contributed by atoms with Crippen molar-refractivity contribution in [1.29, 1.82) is 0 Å². The number of amides is 1. The lowest BCUT2D eigenvalue weighted by atomic mass is 10.0. The molecule has 1 rings (SSSR count). The fourth-order valence-electron chi connectivity index (χ4n) is 1.29. The smallest absolute Gasteiger partial charge is 0.234 e. The minimum absolute atomic E-state index is 0.0280. The molecule has 0 aliphatic carbocycles. The molecule has 1 aromatic heterocycles. The maximum absolute atomic E-state index is 11.7. The number of rotatable bonds is 6. The molecule has 1 amide bonds. The first-order valence-corrected chi connectivity index (χ1v) is 6.76. The Hall–Kier alpha value is -0.940. The van der Waals surface area contributed by atoms with Gasteiger partial charge in [-0.1, -0.05) is 6.92 Å². The molecule has 1 heterocycles. The number of carbonyl (C=O) groups is 1. The van der Waals surface area contributed by atoms with Crippen molar-refractivity contribution in [2.45, 2.75) is 45.7 Å². The zero-order valence-corrected chi connectivity index (χ0v) is 11.7.